The van der Waals surface area contributed by atoms with Crippen molar-refractivity contribution in [3.05, 3.63) is 59.4 Å². The Hall–Kier alpha value is -3.69. The van der Waals surface area contributed by atoms with Crippen molar-refractivity contribution in [2.45, 2.75) is 25.9 Å². The van der Waals surface area contributed by atoms with Gasteiger partial charge in [-0.15, -0.1) is 5.10 Å². The third kappa shape index (κ3) is 5.05. The minimum absolute atomic E-state index is 0.0432. The first kappa shape index (κ1) is 22.5. The minimum atomic E-state index is -0.714. The molecule has 1 aromatic carbocycles. The van der Waals surface area contributed by atoms with Gasteiger partial charge < -0.3 is 19.7 Å². The number of hydrogen-bond donors (Lipinski definition) is 1. The van der Waals surface area contributed by atoms with Crippen LogP contribution in [-0.4, -0.2) is 47.0 Å². The topological polar surface area (TPSA) is 81.5 Å². The number of amides is 1. The van der Waals surface area contributed by atoms with Crippen molar-refractivity contribution in [2.75, 3.05) is 30.4 Å². The molecule has 1 fully saturated rings. The van der Waals surface area contributed by atoms with Crippen LogP contribution in [0.15, 0.2) is 36.7 Å². The van der Waals surface area contributed by atoms with Gasteiger partial charge in [0.15, 0.2) is 17.4 Å². The number of aromatic nitrogens is 3. The summed E-state index contributed by atoms with van der Waals surface area (Å²) in [6.45, 7) is 3.10. The molecule has 3 heterocycles. The van der Waals surface area contributed by atoms with Crippen LogP contribution in [0.25, 0.3) is 0 Å². The van der Waals surface area contributed by atoms with Crippen LogP contribution < -0.4 is 19.7 Å². The average molecular weight is 457 g/mol. The van der Waals surface area contributed by atoms with Gasteiger partial charge >= 0.3 is 0 Å². The third-order valence-electron chi connectivity index (χ3n) is 5.41. The Morgan fingerprint density at radius 2 is 1.97 bits per heavy atom. The van der Waals surface area contributed by atoms with Gasteiger partial charge in [0, 0.05) is 51.4 Å². The Morgan fingerprint density at radius 3 is 2.67 bits per heavy atom. The summed E-state index contributed by atoms with van der Waals surface area (Å²) < 4.78 is 39.5. The number of carbonyl (C=O) groups is 1. The summed E-state index contributed by atoms with van der Waals surface area (Å²) in [7, 11) is 3.17. The molecule has 0 aliphatic carbocycles. The van der Waals surface area contributed by atoms with Gasteiger partial charge in [0.1, 0.15) is 17.5 Å². The molecule has 1 aliphatic rings. The number of nitrogens with one attached hydrogen (secondary N) is 1. The number of ether oxygens (including phenoxy) is 2. The number of nitrogens with zero attached hydrogens (tertiary/aromatic N) is 4. The number of carbonyl (C=O) groups excluding carboxylic acids is 1. The smallest absolute Gasteiger partial charge is 0.262 e. The van der Waals surface area contributed by atoms with Gasteiger partial charge in [0.2, 0.25) is 5.88 Å². The van der Waals surface area contributed by atoms with E-state index in [9.17, 15) is 13.6 Å². The molecule has 0 atom stereocenters. The second-order valence-electron chi connectivity index (χ2n) is 7.94. The van der Waals surface area contributed by atoms with Crippen molar-refractivity contribution < 1.29 is 23.0 Å². The number of rotatable bonds is 6. The van der Waals surface area contributed by atoms with Gasteiger partial charge in [-0.2, -0.15) is 0 Å². The van der Waals surface area contributed by atoms with Gasteiger partial charge in [-0.3, -0.25) is 9.48 Å². The number of methoxy groups -OCH3 is 1. The SMILES string of the molecule is COc1nn(C)cc1C(=O)Nc1cc(C)cnc1N1CCC(Oc2ccc(F)cc2F)CC1. The van der Waals surface area contributed by atoms with Gasteiger partial charge in [0.25, 0.3) is 5.91 Å². The molecule has 1 aliphatic heterocycles. The quantitative estimate of drug-likeness (QED) is 0.608. The molecular weight excluding hydrogens is 432 g/mol. The second kappa shape index (κ2) is 9.43. The fraction of sp³-hybridized carbons (Fsp3) is 0.348. The van der Waals surface area contributed by atoms with E-state index in [1.54, 1.807) is 19.4 Å². The zero-order valence-corrected chi connectivity index (χ0v) is 18.6. The predicted molar refractivity (Wildman–Crippen MR) is 119 cm³/mol. The maximum atomic E-state index is 13.9. The number of piperidine rings is 1. The van der Waals surface area contributed by atoms with Crippen molar-refractivity contribution in [3.8, 4) is 11.6 Å². The predicted octanol–water partition coefficient (Wildman–Crippen LogP) is 3.71. The molecule has 1 N–H and O–H groups in total. The number of aryl methyl sites for hydroxylation is 2. The van der Waals surface area contributed by atoms with Crippen LogP contribution >= 0.6 is 0 Å². The molecule has 0 unspecified atom stereocenters. The Balaban J connectivity index is 1.46. The summed E-state index contributed by atoms with van der Waals surface area (Å²) in [6.07, 6.45) is 4.37. The van der Waals surface area contributed by atoms with Gasteiger partial charge in [0.05, 0.1) is 12.8 Å². The van der Waals surface area contributed by atoms with Crippen LogP contribution in [0, 0.1) is 18.6 Å². The highest BCUT2D eigenvalue weighted by molar-refractivity contribution is 6.07. The van der Waals surface area contributed by atoms with Crippen LogP contribution in [0.4, 0.5) is 20.3 Å². The lowest BCUT2D eigenvalue weighted by Gasteiger charge is -2.34. The number of pyridine rings is 1. The van der Waals surface area contributed by atoms with Crippen molar-refractivity contribution in [3.63, 3.8) is 0 Å². The Labute approximate surface area is 190 Å². The highest BCUT2D eigenvalue weighted by Gasteiger charge is 2.25. The Morgan fingerprint density at radius 1 is 1.21 bits per heavy atom. The van der Waals surface area contributed by atoms with Crippen molar-refractivity contribution >= 4 is 17.4 Å². The Bertz CT molecular complexity index is 1160. The monoisotopic (exact) mass is 457 g/mol. The molecule has 174 valence electrons. The van der Waals surface area contributed by atoms with E-state index in [4.69, 9.17) is 9.47 Å². The number of benzene rings is 1. The highest BCUT2D eigenvalue weighted by Crippen LogP contribution is 2.30. The van der Waals surface area contributed by atoms with E-state index < -0.39 is 11.6 Å². The molecule has 10 heteroatoms. The zero-order valence-electron chi connectivity index (χ0n) is 18.6. The van der Waals surface area contributed by atoms with E-state index in [-0.39, 0.29) is 23.6 Å². The summed E-state index contributed by atoms with van der Waals surface area (Å²) in [5, 5.41) is 7.05. The van der Waals surface area contributed by atoms with E-state index in [0.29, 0.717) is 43.0 Å². The maximum absolute atomic E-state index is 13.9. The molecule has 33 heavy (non-hydrogen) atoms. The van der Waals surface area contributed by atoms with Crippen LogP contribution in [0.2, 0.25) is 0 Å². The molecule has 8 nitrogen and oxygen atoms in total. The highest BCUT2D eigenvalue weighted by atomic mass is 19.1. The number of anilines is 2. The van der Waals surface area contributed by atoms with Crippen LogP contribution in [0.1, 0.15) is 28.8 Å². The first-order chi connectivity index (χ1) is 15.8. The van der Waals surface area contributed by atoms with Crippen LogP contribution in [-0.2, 0) is 7.05 Å². The molecule has 3 aromatic rings. The van der Waals surface area contributed by atoms with E-state index >= 15 is 0 Å². The summed E-state index contributed by atoms with van der Waals surface area (Å²) in [4.78, 5) is 19.5. The molecule has 1 amide bonds. The minimum Gasteiger partial charge on any atom is -0.487 e. The summed E-state index contributed by atoms with van der Waals surface area (Å²) in [5.74, 6) is -0.779. The summed E-state index contributed by atoms with van der Waals surface area (Å²) in [6, 6.07) is 5.15. The van der Waals surface area contributed by atoms with Crippen molar-refractivity contribution in [1.82, 2.24) is 14.8 Å². The zero-order chi connectivity index (χ0) is 23.5. The number of hydrogen-bond acceptors (Lipinski definition) is 6. The summed E-state index contributed by atoms with van der Waals surface area (Å²) in [5.41, 5.74) is 1.80. The lowest BCUT2D eigenvalue weighted by Crippen LogP contribution is -2.39. The van der Waals surface area contributed by atoms with E-state index in [1.165, 1.54) is 23.9 Å². The summed E-state index contributed by atoms with van der Waals surface area (Å²) >= 11 is 0. The lowest BCUT2D eigenvalue weighted by molar-refractivity contribution is 0.102. The van der Waals surface area contributed by atoms with Crippen LogP contribution in [0.5, 0.6) is 11.6 Å². The van der Waals surface area contributed by atoms with Gasteiger partial charge in [-0.05, 0) is 30.7 Å². The first-order valence-corrected chi connectivity index (χ1v) is 10.6. The van der Waals surface area contributed by atoms with E-state index in [1.807, 2.05) is 13.0 Å². The second-order valence-corrected chi connectivity index (χ2v) is 7.94. The molecule has 1 saturated heterocycles. The molecule has 4 rings (SSSR count). The van der Waals surface area contributed by atoms with E-state index in [2.05, 4.69) is 20.3 Å². The van der Waals surface area contributed by atoms with Crippen molar-refractivity contribution in [1.29, 1.82) is 0 Å². The largest absolute Gasteiger partial charge is 0.487 e. The normalized spacial score (nSPS) is 14.3. The fourth-order valence-corrected chi connectivity index (χ4v) is 3.81. The van der Waals surface area contributed by atoms with Gasteiger partial charge in [-0.25, -0.2) is 13.8 Å². The number of halogens is 2. The van der Waals surface area contributed by atoms with E-state index in [0.717, 1.165) is 11.6 Å². The van der Waals surface area contributed by atoms with Crippen LogP contribution in [0.3, 0.4) is 0 Å². The molecule has 2 aromatic heterocycles. The average Bonchev–Trinajstić information content (AvgIpc) is 3.17. The molecule has 0 saturated carbocycles. The third-order valence-corrected chi connectivity index (χ3v) is 5.41. The lowest BCUT2D eigenvalue weighted by atomic mass is 10.1. The van der Waals surface area contributed by atoms with Crippen molar-refractivity contribution in [2.24, 2.45) is 7.05 Å². The fourth-order valence-electron chi connectivity index (χ4n) is 3.81. The molecular formula is C23H25F2N5O3. The molecule has 0 radical (unpaired) electrons. The first-order valence-electron chi connectivity index (χ1n) is 10.6. The van der Waals surface area contributed by atoms with Gasteiger partial charge in [-0.1, -0.05) is 0 Å². The molecule has 0 spiro atoms. The standard InChI is InChI=1S/C23H25F2N5O3/c1-14-10-19(27-22(31)17-13-29(2)28-23(17)32-3)21(26-12-14)30-8-6-16(7-9-30)33-20-5-4-15(24)11-18(20)25/h4-5,10-13,16H,6-9H2,1-3H3,(H,27,31). The maximum Gasteiger partial charge on any atom is 0.262 e. The molecule has 0 bridgehead atoms. The Kier molecular flexibility index (Phi) is 6.43.